The molecule has 0 saturated carbocycles. The van der Waals surface area contributed by atoms with Gasteiger partial charge >= 0.3 is 0 Å². The number of aliphatic hydroxyl groups is 1. The van der Waals surface area contributed by atoms with Crippen molar-refractivity contribution in [2.75, 3.05) is 0 Å². The molecule has 1 aromatic rings. The summed E-state index contributed by atoms with van der Waals surface area (Å²) >= 11 is 0. The van der Waals surface area contributed by atoms with Gasteiger partial charge in [-0.25, -0.2) is 4.39 Å². The average molecular weight is 132 g/mol. The van der Waals surface area contributed by atoms with Crippen LogP contribution in [0, 0.1) is 5.82 Å². The van der Waals surface area contributed by atoms with E-state index in [4.69, 9.17) is 13.3 Å². The lowest BCUT2D eigenvalue weighted by Crippen LogP contribution is -1.82. The fraction of sp³-hybridized carbons (Fsp3) is 0.143. The Bertz CT molecular complexity index is 384. The molecule has 2 heteroatoms. The van der Waals surface area contributed by atoms with Gasteiger partial charge in [-0.15, -0.1) is 0 Å². The summed E-state index contributed by atoms with van der Waals surface area (Å²) in [7, 11) is 0. The molecule has 0 bridgehead atoms. The van der Waals surface area contributed by atoms with Crippen LogP contribution in [0.5, 0.6) is 0 Å². The molecule has 0 fully saturated rings. The molecule has 0 aromatic heterocycles. The Hall–Kier alpha value is -0.890. The van der Waals surface area contributed by atoms with E-state index in [0.717, 1.165) is 0 Å². The lowest BCUT2D eigenvalue weighted by Gasteiger charge is -1.92. The SMILES string of the molecule is [2H]c1c([2H])c(F)c([2H])c(C([2H])([2H])O)c1[2H]. The molecule has 0 amide bonds. The fourth-order valence-electron chi connectivity index (χ4n) is 0.377. The van der Waals surface area contributed by atoms with Crippen LogP contribution in [0.3, 0.4) is 0 Å². The zero-order valence-corrected chi connectivity index (χ0v) is 4.33. The molecule has 0 heterocycles. The molecule has 9 heavy (non-hydrogen) atoms. The van der Waals surface area contributed by atoms with Crippen LogP contribution in [0.25, 0.3) is 0 Å². The van der Waals surface area contributed by atoms with Gasteiger partial charge in [-0.2, -0.15) is 0 Å². The van der Waals surface area contributed by atoms with E-state index in [2.05, 4.69) is 0 Å². The second kappa shape index (κ2) is 2.60. The summed E-state index contributed by atoms with van der Waals surface area (Å²) in [4.78, 5) is 0. The molecule has 0 aliphatic rings. The minimum atomic E-state index is -3.07. The third-order valence-electron chi connectivity index (χ3n) is 0.706. The molecule has 0 saturated heterocycles. The normalized spacial score (nSPS) is 20.7. The number of hydrogen-bond acceptors (Lipinski definition) is 1. The number of halogens is 1. The first-order valence-electron chi connectivity index (χ1n) is 5.16. The second-order valence-electron chi connectivity index (χ2n) is 1.30. The van der Waals surface area contributed by atoms with Gasteiger partial charge in [0.25, 0.3) is 0 Å². The molecule has 1 nitrogen and oxygen atoms in total. The fourth-order valence-corrected chi connectivity index (χ4v) is 0.377. The topological polar surface area (TPSA) is 20.2 Å². The Morgan fingerprint density at radius 3 is 3.22 bits per heavy atom. The predicted molar refractivity (Wildman–Crippen MR) is 32.3 cm³/mol. The minimum Gasteiger partial charge on any atom is -0.392 e. The minimum absolute atomic E-state index is 0.848. The maximum Gasteiger partial charge on any atom is 0.123 e. The zero-order chi connectivity index (χ0) is 12.0. The molecule has 1 rings (SSSR count). The summed E-state index contributed by atoms with van der Waals surface area (Å²) in [5.41, 5.74) is -0.930. The maximum absolute atomic E-state index is 13.1. The van der Waals surface area contributed by atoms with E-state index < -0.39 is 42.1 Å². The van der Waals surface area contributed by atoms with Gasteiger partial charge < -0.3 is 5.11 Å². The van der Waals surface area contributed by atoms with Crippen LogP contribution in [-0.2, 0) is 6.56 Å². The molecule has 0 aliphatic heterocycles. The molecular weight excluding hydrogens is 119 g/mol. The van der Waals surface area contributed by atoms with Crippen molar-refractivity contribution in [3.8, 4) is 0 Å². The molecule has 1 aromatic carbocycles. The van der Waals surface area contributed by atoms with Crippen molar-refractivity contribution in [2.45, 2.75) is 6.56 Å². The van der Waals surface area contributed by atoms with Crippen molar-refractivity contribution in [1.82, 2.24) is 0 Å². The average Bonchev–Trinajstić information content (AvgIpc) is 2.09. The van der Waals surface area contributed by atoms with Gasteiger partial charge in [-0.3, -0.25) is 0 Å². The molecule has 0 unspecified atom stereocenters. The predicted octanol–water partition coefficient (Wildman–Crippen LogP) is 1.32. The highest BCUT2D eigenvalue weighted by molar-refractivity contribution is 5.14. The van der Waals surface area contributed by atoms with Crippen molar-refractivity contribution in [3.63, 3.8) is 0 Å². The van der Waals surface area contributed by atoms with Crippen LogP contribution in [0.15, 0.2) is 24.2 Å². The van der Waals surface area contributed by atoms with Gasteiger partial charge in [0.05, 0.1) is 14.8 Å². The van der Waals surface area contributed by atoms with E-state index in [1.165, 1.54) is 0 Å². The third kappa shape index (κ3) is 1.50. The Labute approximate surface area is 61.2 Å². The van der Waals surface area contributed by atoms with Gasteiger partial charge in [-0.1, -0.05) is 12.1 Å². The van der Waals surface area contributed by atoms with Gasteiger partial charge in [0.1, 0.15) is 5.82 Å². The number of rotatable bonds is 1. The summed E-state index contributed by atoms with van der Waals surface area (Å²) in [6.07, 6.45) is 0. The van der Waals surface area contributed by atoms with Crippen molar-refractivity contribution < 1.29 is 17.7 Å². The largest absolute Gasteiger partial charge is 0.392 e. The van der Waals surface area contributed by atoms with Crippen molar-refractivity contribution in [3.05, 3.63) is 35.6 Å². The summed E-state index contributed by atoms with van der Waals surface area (Å²) in [6.45, 7) is -3.07. The van der Waals surface area contributed by atoms with Crippen molar-refractivity contribution in [2.24, 2.45) is 0 Å². The Morgan fingerprint density at radius 2 is 2.56 bits per heavy atom. The van der Waals surface area contributed by atoms with Gasteiger partial charge in [0.2, 0.25) is 0 Å². The first kappa shape index (κ1) is 2.06. The van der Waals surface area contributed by atoms with Crippen LogP contribution in [0.4, 0.5) is 4.39 Å². The van der Waals surface area contributed by atoms with Crippen molar-refractivity contribution >= 4 is 0 Å². The van der Waals surface area contributed by atoms with Crippen LogP contribution in [-0.4, -0.2) is 5.11 Å². The highest BCUT2D eigenvalue weighted by atomic mass is 19.1. The maximum atomic E-state index is 13.1. The molecule has 0 aliphatic carbocycles. The standard InChI is InChI=1S/C7H7FO/c8-7-3-1-2-6(4-7)5-9/h1-4,9H,5H2/i1D,2D,3D,4D,5D2. The highest BCUT2D eigenvalue weighted by Crippen LogP contribution is 2.01. The molecule has 0 atom stereocenters. The third-order valence-corrected chi connectivity index (χ3v) is 0.706. The van der Waals surface area contributed by atoms with Gasteiger partial charge in [0, 0.05) is 0 Å². The van der Waals surface area contributed by atoms with Crippen LogP contribution < -0.4 is 0 Å². The van der Waals surface area contributed by atoms with Crippen LogP contribution in [0.1, 0.15) is 13.8 Å². The summed E-state index contributed by atoms with van der Waals surface area (Å²) in [5.74, 6) is -1.41. The van der Waals surface area contributed by atoms with Gasteiger partial charge in [0.15, 0.2) is 0 Å². The number of hydrogen-bond donors (Lipinski definition) is 1. The van der Waals surface area contributed by atoms with E-state index in [0.29, 0.717) is 0 Å². The van der Waals surface area contributed by atoms with E-state index in [-0.39, 0.29) is 0 Å². The second-order valence-corrected chi connectivity index (χ2v) is 1.30. The molecule has 1 N–H and O–H groups in total. The Balaban J connectivity index is 3.68. The van der Waals surface area contributed by atoms with E-state index in [9.17, 15) is 4.39 Å². The smallest absolute Gasteiger partial charge is 0.123 e. The molecule has 0 radical (unpaired) electrons. The summed E-state index contributed by atoms with van der Waals surface area (Å²) in [5, 5.41) is 8.97. The highest BCUT2D eigenvalue weighted by Gasteiger charge is 1.89. The monoisotopic (exact) mass is 132 g/mol. The summed E-state index contributed by atoms with van der Waals surface area (Å²) in [6, 6.07) is -3.71. The first-order chi connectivity index (χ1) is 6.68. The number of benzene rings is 1. The summed E-state index contributed by atoms with van der Waals surface area (Å²) < 4.78 is 55.4. The first-order valence-corrected chi connectivity index (χ1v) is 2.16. The van der Waals surface area contributed by atoms with Crippen molar-refractivity contribution in [1.29, 1.82) is 0 Å². The lowest BCUT2D eigenvalue weighted by atomic mass is 10.2. The van der Waals surface area contributed by atoms with Crippen LogP contribution >= 0.6 is 0 Å². The molecular formula is C7H7FO. The molecule has 48 valence electrons. The van der Waals surface area contributed by atoms with E-state index >= 15 is 0 Å². The van der Waals surface area contributed by atoms with E-state index in [1.807, 2.05) is 0 Å². The van der Waals surface area contributed by atoms with Gasteiger partial charge in [-0.05, 0) is 17.6 Å². The quantitative estimate of drug-likeness (QED) is 0.611. The molecule has 0 spiro atoms. The van der Waals surface area contributed by atoms with E-state index in [1.54, 1.807) is 0 Å². The Kier molecular flexibility index (Phi) is 0.594. The lowest BCUT2D eigenvalue weighted by molar-refractivity contribution is 0.281. The Morgan fingerprint density at radius 1 is 1.78 bits per heavy atom. The zero-order valence-electron chi connectivity index (χ0n) is 10.3. The van der Waals surface area contributed by atoms with Crippen LogP contribution in [0.2, 0.25) is 0 Å².